The zero-order valence-electron chi connectivity index (χ0n) is 31.7. The minimum atomic E-state index is -2.02. The molecule has 0 radical (unpaired) electrons. The Hall–Kier alpha value is -1.41. The first-order chi connectivity index (χ1) is 26.8. The number of hydrogen-bond acceptors (Lipinski definition) is 23. The fourth-order valence-electron chi connectivity index (χ4n) is 7.45. The standard InChI is InChI=1S/C33H57NO23/c1-8-15(38)19(42)22(45)30(49-8)57-28-21(44)16(39)9(2)50-33(28)56-27-24(47)32(55-26-14(34-11(4)37)29(48-5)52-13(7-36)18(26)41)51-10(3)25(27)54-31-23(46)20(43)17(40)12(6-35)53-31/h8-10,12-33,35-36,38-47H,6-7H2,1-5H3,(H,34,37)/t8?,9?,10?,12?,13?,14?,15-,16-,17+,18+,19?,20?,21?,22-,23?,24?,25-,26?,27?,28?,29+,30-,31+,32-,33-/m0/s1. The molecule has 0 aliphatic carbocycles. The highest BCUT2D eigenvalue weighted by Crippen LogP contribution is 2.37. The van der Waals surface area contributed by atoms with Crippen LogP contribution < -0.4 is 5.32 Å². The van der Waals surface area contributed by atoms with E-state index in [1.807, 2.05) is 0 Å². The second kappa shape index (κ2) is 19.5. The number of ether oxygens (including phenoxy) is 10. The number of rotatable bonds is 12. The maximum atomic E-state index is 12.2. The molecule has 5 heterocycles. The summed E-state index contributed by atoms with van der Waals surface area (Å²) in [6.45, 7) is 3.77. The summed E-state index contributed by atoms with van der Waals surface area (Å²) in [5.74, 6) is -0.597. The first-order valence-electron chi connectivity index (χ1n) is 18.6. The van der Waals surface area contributed by atoms with Crippen molar-refractivity contribution < 1.29 is 113 Å². The number of carbonyl (C=O) groups is 1. The van der Waals surface area contributed by atoms with Crippen molar-refractivity contribution in [2.75, 3.05) is 20.3 Å². The number of amides is 1. The minimum absolute atomic E-state index is 0.597. The van der Waals surface area contributed by atoms with Gasteiger partial charge in [0.2, 0.25) is 5.91 Å². The summed E-state index contributed by atoms with van der Waals surface area (Å²) in [6.07, 6.45) is -39.2. The predicted octanol–water partition coefficient (Wildman–Crippen LogP) is -8.04. The third kappa shape index (κ3) is 9.73. The van der Waals surface area contributed by atoms with Crippen molar-refractivity contribution >= 4 is 5.91 Å². The van der Waals surface area contributed by atoms with Crippen LogP contribution in [0.15, 0.2) is 0 Å². The van der Waals surface area contributed by atoms with Crippen molar-refractivity contribution in [3.63, 3.8) is 0 Å². The molecule has 332 valence electrons. The molecular formula is C33H57NO23. The lowest BCUT2D eigenvalue weighted by Crippen LogP contribution is -2.69. The third-order valence-corrected chi connectivity index (χ3v) is 10.8. The molecule has 13 N–H and O–H groups in total. The molecule has 5 rings (SSSR count). The Labute approximate surface area is 326 Å². The van der Waals surface area contributed by atoms with E-state index in [0.717, 1.165) is 0 Å². The Morgan fingerprint density at radius 1 is 0.474 bits per heavy atom. The Balaban J connectivity index is 1.49. The van der Waals surface area contributed by atoms with Crippen molar-refractivity contribution in [2.45, 2.75) is 181 Å². The van der Waals surface area contributed by atoms with Gasteiger partial charge in [-0.2, -0.15) is 0 Å². The van der Waals surface area contributed by atoms with Gasteiger partial charge in [-0.25, -0.2) is 0 Å². The number of aliphatic hydroxyl groups is 12. The quantitative estimate of drug-likeness (QED) is 0.0868. The summed E-state index contributed by atoms with van der Waals surface area (Å²) >= 11 is 0. The lowest BCUT2D eigenvalue weighted by Gasteiger charge is -2.51. The topological polar surface area (TPSA) is 364 Å². The van der Waals surface area contributed by atoms with E-state index in [-0.39, 0.29) is 0 Å². The summed E-state index contributed by atoms with van der Waals surface area (Å²) in [6, 6.07) is -1.26. The zero-order chi connectivity index (χ0) is 42.2. The number of carbonyl (C=O) groups excluding carboxylic acids is 1. The lowest BCUT2D eigenvalue weighted by atomic mass is 9.94. The van der Waals surface area contributed by atoms with E-state index in [1.54, 1.807) is 0 Å². The maximum Gasteiger partial charge on any atom is 0.217 e. The first kappa shape index (κ1) is 46.7. The predicted molar refractivity (Wildman–Crippen MR) is 179 cm³/mol. The molecule has 5 aliphatic rings. The summed E-state index contributed by atoms with van der Waals surface area (Å²) in [4.78, 5) is 12.2. The zero-order valence-corrected chi connectivity index (χ0v) is 31.7. The summed E-state index contributed by atoms with van der Waals surface area (Å²) in [5, 5.41) is 130. The molecule has 24 nitrogen and oxygen atoms in total. The van der Waals surface area contributed by atoms with E-state index >= 15 is 0 Å². The van der Waals surface area contributed by atoms with E-state index in [1.165, 1.54) is 34.8 Å². The van der Waals surface area contributed by atoms with Gasteiger partial charge < -0.3 is 114 Å². The lowest BCUT2D eigenvalue weighted by molar-refractivity contribution is -0.402. The smallest absolute Gasteiger partial charge is 0.217 e. The number of nitrogens with one attached hydrogen (secondary N) is 1. The molecule has 0 saturated carbocycles. The van der Waals surface area contributed by atoms with Gasteiger partial charge in [0, 0.05) is 14.0 Å². The molecule has 5 saturated heterocycles. The SMILES string of the molecule is CO[C@@H]1OC(CO)[C@@H](O)C(O[C@@H]2OC(C)[C@H](O[C@H]3OC(CO)[C@@H](O)C(O)C3O)C(O[C@@H]3OC(C)[C@H](O)C(O)C3O[C@@H]3OC(C)[C@H](O)C(O)[C@@H]3O)C2O)C1NC(C)=O. The van der Waals surface area contributed by atoms with Gasteiger partial charge in [-0.3, -0.25) is 4.79 Å². The van der Waals surface area contributed by atoms with Crippen LogP contribution in [0.5, 0.6) is 0 Å². The molecule has 0 aromatic carbocycles. The Morgan fingerprint density at radius 3 is 1.49 bits per heavy atom. The van der Waals surface area contributed by atoms with Crippen molar-refractivity contribution in [2.24, 2.45) is 0 Å². The van der Waals surface area contributed by atoms with Crippen LogP contribution in [0, 0.1) is 0 Å². The molecule has 0 aromatic rings. The van der Waals surface area contributed by atoms with E-state index in [2.05, 4.69) is 5.32 Å². The van der Waals surface area contributed by atoms with Crippen LogP contribution in [-0.4, -0.2) is 241 Å². The molecule has 0 spiro atoms. The molecule has 5 aliphatic heterocycles. The molecule has 57 heavy (non-hydrogen) atoms. The second-order valence-corrected chi connectivity index (χ2v) is 14.9. The van der Waals surface area contributed by atoms with E-state index in [9.17, 15) is 66.1 Å². The third-order valence-electron chi connectivity index (χ3n) is 10.8. The van der Waals surface area contributed by atoms with Crippen LogP contribution in [0.4, 0.5) is 0 Å². The first-order valence-corrected chi connectivity index (χ1v) is 18.6. The highest BCUT2D eigenvalue weighted by Gasteiger charge is 2.57. The van der Waals surface area contributed by atoms with E-state index in [4.69, 9.17) is 47.4 Å². The summed E-state index contributed by atoms with van der Waals surface area (Å²) in [7, 11) is 1.23. The maximum absolute atomic E-state index is 12.2. The van der Waals surface area contributed by atoms with E-state index < -0.39 is 173 Å². The fraction of sp³-hybridized carbons (Fsp3) is 0.970. The largest absolute Gasteiger partial charge is 0.394 e. The number of hydrogen-bond donors (Lipinski definition) is 13. The van der Waals surface area contributed by atoms with Crippen LogP contribution >= 0.6 is 0 Å². The normalized spacial score (nSPS) is 52.3. The van der Waals surface area contributed by atoms with Gasteiger partial charge in [0.1, 0.15) is 104 Å². The summed E-state index contributed by atoms with van der Waals surface area (Å²) < 4.78 is 58.1. The van der Waals surface area contributed by atoms with Gasteiger partial charge in [-0.1, -0.05) is 0 Å². The van der Waals surface area contributed by atoms with E-state index in [0.29, 0.717) is 0 Å². The van der Waals surface area contributed by atoms with Gasteiger partial charge in [0.05, 0.1) is 31.5 Å². The van der Waals surface area contributed by atoms with Crippen LogP contribution in [-0.2, 0) is 52.2 Å². The van der Waals surface area contributed by atoms with Gasteiger partial charge in [-0.15, -0.1) is 0 Å². The van der Waals surface area contributed by atoms with Crippen LogP contribution in [0.2, 0.25) is 0 Å². The second-order valence-electron chi connectivity index (χ2n) is 14.9. The van der Waals surface area contributed by atoms with Crippen molar-refractivity contribution in [1.29, 1.82) is 0 Å². The average molecular weight is 836 g/mol. The molecule has 0 aromatic heterocycles. The van der Waals surface area contributed by atoms with Gasteiger partial charge >= 0.3 is 0 Å². The fourth-order valence-corrected chi connectivity index (χ4v) is 7.45. The van der Waals surface area contributed by atoms with Crippen LogP contribution in [0.25, 0.3) is 0 Å². The highest BCUT2D eigenvalue weighted by molar-refractivity contribution is 5.73. The van der Waals surface area contributed by atoms with Crippen molar-refractivity contribution in [1.82, 2.24) is 5.32 Å². The summed E-state index contributed by atoms with van der Waals surface area (Å²) in [5.41, 5.74) is 0. The Morgan fingerprint density at radius 2 is 0.912 bits per heavy atom. The average Bonchev–Trinajstić information content (AvgIpc) is 3.17. The Kier molecular flexibility index (Phi) is 16.0. The van der Waals surface area contributed by atoms with Gasteiger partial charge in [-0.05, 0) is 20.8 Å². The highest BCUT2D eigenvalue weighted by atomic mass is 16.8. The number of methoxy groups -OCH3 is 1. The molecule has 5 fully saturated rings. The van der Waals surface area contributed by atoms with Gasteiger partial charge in [0.15, 0.2) is 31.5 Å². The minimum Gasteiger partial charge on any atom is -0.394 e. The molecule has 0 bridgehead atoms. The van der Waals surface area contributed by atoms with Crippen molar-refractivity contribution in [3.05, 3.63) is 0 Å². The van der Waals surface area contributed by atoms with Crippen LogP contribution in [0.1, 0.15) is 27.7 Å². The molecule has 25 atom stereocenters. The Bertz CT molecular complexity index is 1290. The monoisotopic (exact) mass is 835 g/mol. The molecule has 14 unspecified atom stereocenters. The molecule has 1 amide bonds. The number of aliphatic hydroxyl groups excluding tert-OH is 12. The van der Waals surface area contributed by atoms with Gasteiger partial charge in [0.25, 0.3) is 0 Å². The van der Waals surface area contributed by atoms with Crippen molar-refractivity contribution in [3.8, 4) is 0 Å². The van der Waals surface area contributed by atoms with Crippen LogP contribution in [0.3, 0.4) is 0 Å². The molecule has 24 heteroatoms. The molecular weight excluding hydrogens is 778 g/mol.